The van der Waals surface area contributed by atoms with Crippen LogP contribution in [0.4, 0.5) is 24.8 Å². The molecule has 2 heterocycles. The molecule has 36 heavy (non-hydrogen) atoms. The van der Waals surface area contributed by atoms with E-state index in [-0.39, 0.29) is 17.0 Å². The monoisotopic (exact) mass is 543 g/mol. The Labute approximate surface area is 209 Å². The van der Waals surface area contributed by atoms with Crippen LogP contribution in [-0.2, 0) is 9.59 Å². The fourth-order valence-electron chi connectivity index (χ4n) is 2.87. The molecule has 1 aliphatic heterocycles. The topological polar surface area (TPSA) is 146 Å². The predicted octanol–water partition coefficient (Wildman–Crippen LogP) is 3.35. The van der Waals surface area contributed by atoms with Gasteiger partial charge >= 0.3 is 17.8 Å². The molecule has 0 spiro atoms. The molecule has 190 valence electrons. The number of nitrogens with zero attached hydrogens (tertiary/aromatic N) is 2. The van der Waals surface area contributed by atoms with Gasteiger partial charge in [-0.3, -0.25) is 14.6 Å². The first-order chi connectivity index (χ1) is 16.9. The summed E-state index contributed by atoms with van der Waals surface area (Å²) in [6.07, 6.45) is -4.43. The zero-order valence-corrected chi connectivity index (χ0v) is 19.6. The van der Waals surface area contributed by atoms with Crippen molar-refractivity contribution in [2.24, 2.45) is 0 Å². The molecule has 2 aromatic carbocycles. The molecule has 1 aromatic heterocycles. The average molecular weight is 544 g/mol. The minimum absolute atomic E-state index is 0.00381. The molecule has 3 aromatic rings. The van der Waals surface area contributed by atoms with Crippen molar-refractivity contribution in [1.29, 1.82) is 0 Å². The van der Waals surface area contributed by atoms with Gasteiger partial charge in [-0.25, -0.2) is 9.59 Å². The average Bonchev–Trinajstić information content (AvgIpc) is 3.38. The second-order valence-corrected chi connectivity index (χ2v) is 8.69. The van der Waals surface area contributed by atoms with Gasteiger partial charge in [0.15, 0.2) is 0 Å². The van der Waals surface area contributed by atoms with Crippen molar-refractivity contribution in [1.82, 2.24) is 20.1 Å². The molecule has 4 N–H and O–H groups in total. The fraction of sp³-hybridized carbons (Fsp3) is 0.190. The smallest absolute Gasteiger partial charge is 0.475 e. The molecule has 0 aliphatic carbocycles. The second kappa shape index (κ2) is 11.3. The number of hydrogen-bond acceptors (Lipinski definition) is 7. The van der Waals surface area contributed by atoms with E-state index in [9.17, 15) is 27.6 Å². The number of aromatic nitrogens is 3. The summed E-state index contributed by atoms with van der Waals surface area (Å²) in [4.78, 5) is 47.6. The van der Waals surface area contributed by atoms with Gasteiger partial charge in [0.05, 0.1) is 11.7 Å². The van der Waals surface area contributed by atoms with Gasteiger partial charge in [0.2, 0.25) is 11.1 Å². The lowest BCUT2D eigenvalue weighted by molar-refractivity contribution is -0.192. The summed E-state index contributed by atoms with van der Waals surface area (Å²) in [6.45, 7) is 0. The maximum atomic E-state index is 12.3. The van der Waals surface area contributed by atoms with Crippen LogP contribution in [0.1, 0.15) is 16.8 Å². The van der Waals surface area contributed by atoms with Crippen LogP contribution in [0, 0.1) is 0 Å². The third-order valence-corrected chi connectivity index (χ3v) is 5.81. The van der Waals surface area contributed by atoms with Crippen LogP contribution in [0.3, 0.4) is 0 Å². The number of anilines is 2. The highest BCUT2D eigenvalue weighted by atomic mass is 35.5. The molecular weight excluding hydrogens is 527 g/mol. The molecule has 0 saturated carbocycles. The Morgan fingerprint density at radius 2 is 1.83 bits per heavy atom. The van der Waals surface area contributed by atoms with Gasteiger partial charge in [0.25, 0.3) is 5.91 Å². The molecular formula is C21H17ClF3N5O5S. The number of carboxylic acid groups (broad SMARTS) is 1. The normalized spacial score (nSPS) is 15.1. The molecule has 1 fully saturated rings. The maximum Gasteiger partial charge on any atom is 0.490 e. The highest BCUT2D eigenvalue weighted by Crippen LogP contribution is 2.20. The first-order valence-corrected chi connectivity index (χ1v) is 11.4. The first-order valence-electron chi connectivity index (χ1n) is 10.0. The lowest BCUT2D eigenvalue weighted by Gasteiger charge is -2.10. The molecule has 1 saturated heterocycles. The number of carbonyl (C=O) groups excluding carboxylic acids is 2. The number of benzene rings is 2. The molecule has 0 radical (unpaired) electrons. The lowest BCUT2D eigenvalue weighted by Crippen LogP contribution is -2.37. The summed E-state index contributed by atoms with van der Waals surface area (Å²) >= 11 is 7.20. The SMILES string of the molecule is O=C(NC1CCSC1=O)c1ccc(Nc2nn(-c3cccc(Cl)c3)c(=O)[nH]2)cc1.O=C(O)C(F)(F)F. The minimum Gasteiger partial charge on any atom is -0.475 e. The molecule has 1 unspecified atom stereocenters. The molecule has 10 nitrogen and oxygen atoms in total. The Bertz CT molecular complexity index is 1330. The van der Waals surface area contributed by atoms with E-state index in [1.165, 1.54) is 16.4 Å². The highest BCUT2D eigenvalue weighted by Gasteiger charge is 2.38. The van der Waals surface area contributed by atoms with Gasteiger partial charge in [0, 0.05) is 22.0 Å². The number of carbonyl (C=O) groups is 3. The van der Waals surface area contributed by atoms with Crippen molar-refractivity contribution in [3.63, 3.8) is 0 Å². The number of aromatic amines is 1. The van der Waals surface area contributed by atoms with E-state index in [2.05, 4.69) is 20.7 Å². The van der Waals surface area contributed by atoms with E-state index >= 15 is 0 Å². The number of rotatable bonds is 5. The third kappa shape index (κ3) is 7.11. The number of thioether (sulfide) groups is 1. The van der Waals surface area contributed by atoms with Crippen LogP contribution in [0.5, 0.6) is 0 Å². The number of carboxylic acids is 1. The zero-order valence-electron chi connectivity index (χ0n) is 18.0. The van der Waals surface area contributed by atoms with E-state index in [4.69, 9.17) is 21.5 Å². The van der Waals surface area contributed by atoms with Gasteiger partial charge in [-0.05, 0) is 48.9 Å². The third-order valence-electron chi connectivity index (χ3n) is 4.56. The maximum absolute atomic E-state index is 12.3. The number of aliphatic carboxylic acids is 1. The van der Waals surface area contributed by atoms with Crippen molar-refractivity contribution in [3.8, 4) is 5.69 Å². The molecule has 4 rings (SSSR count). The second-order valence-electron chi connectivity index (χ2n) is 7.16. The van der Waals surface area contributed by atoms with Crippen LogP contribution >= 0.6 is 23.4 Å². The van der Waals surface area contributed by atoms with Crippen molar-refractivity contribution in [2.45, 2.75) is 18.6 Å². The number of halogens is 4. The van der Waals surface area contributed by atoms with Gasteiger partial charge in [-0.15, -0.1) is 5.10 Å². The lowest BCUT2D eigenvalue weighted by atomic mass is 10.1. The van der Waals surface area contributed by atoms with Crippen molar-refractivity contribution < 1.29 is 32.7 Å². The molecule has 0 bridgehead atoms. The standard InChI is InChI=1S/C19H16ClN5O3S.C2HF3O2/c20-12-2-1-3-14(10-12)25-19(28)23-18(24-25)21-13-6-4-11(5-7-13)16(26)22-15-8-9-29-17(15)27;3-2(4,5)1(6)7/h1-7,10,15H,8-9H2,(H,22,26)(H2,21,23,24,28);(H,6,7). The number of nitrogens with one attached hydrogen (secondary N) is 3. The van der Waals surface area contributed by atoms with Gasteiger partial charge in [0.1, 0.15) is 0 Å². The van der Waals surface area contributed by atoms with E-state index < -0.39 is 23.9 Å². The Kier molecular flexibility index (Phi) is 8.42. The van der Waals surface area contributed by atoms with Gasteiger partial charge in [-0.2, -0.15) is 17.9 Å². The Morgan fingerprint density at radius 3 is 2.39 bits per heavy atom. The summed E-state index contributed by atoms with van der Waals surface area (Å²) in [5, 5.41) is 17.6. The summed E-state index contributed by atoms with van der Waals surface area (Å²) < 4.78 is 32.9. The summed E-state index contributed by atoms with van der Waals surface area (Å²) in [5.74, 6) is -2.07. The van der Waals surface area contributed by atoms with E-state index in [0.29, 0.717) is 28.4 Å². The van der Waals surface area contributed by atoms with Crippen molar-refractivity contribution >= 4 is 52.0 Å². The Hall–Kier alpha value is -3.78. The largest absolute Gasteiger partial charge is 0.490 e. The van der Waals surface area contributed by atoms with Gasteiger partial charge in [-0.1, -0.05) is 29.4 Å². The Balaban J connectivity index is 0.000000454. The quantitative estimate of drug-likeness (QED) is 0.383. The first kappa shape index (κ1) is 26.8. The van der Waals surface area contributed by atoms with Crippen molar-refractivity contribution in [3.05, 3.63) is 69.6 Å². The summed E-state index contributed by atoms with van der Waals surface area (Å²) in [5.41, 5.74) is 1.21. The zero-order chi connectivity index (χ0) is 26.5. The fourth-order valence-corrected chi connectivity index (χ4v) is 3.99. The van der Waals surface area contributed by atoms with E-state index in [0.717, 1.165) is 5.75 Å². The van der Waals surface area contributed by atoms with Crippen LogP contribution in [0.25, 0.3) is 5.69 Å². The summed E-state index contributed by atoms with van der Waals surface area (Å²) in [7, 11) is 0. The van der Waals surface area contributed by atoms with Crippen molar-refractivity contribution in [2.75, 3.05) is 11.1 Å². The predicted molar refractivity (Wildman–Crippen MR) is 126 cm³/mol. The van der Waals surface area contributed by atoms with E-state index in [1.807, 2.05) is 0 Å². The minimum atomic E-state index is -5.08. The van der Waals surface area contributed by atoms with E-state index in [1.54, 1.807) is 48.5 Å². The molecule has 1 atom stereocenters. The molecule has 1 amide bonds. The molecule has 15 heteroatoms. The summed E-state index contributed by atoms with van der Waals surface area (Å²) in [6, 6.07) is 13.0. The number of amides is 1. The van der Waals surface area contributed by atoms with Gasteiger partial charge < -0.3 is 15.7 Å². The van der Waals surface area contributed by atoms with Crippen LogP contribution in [-0.4, -0.2) is 54.8 Å². The number of H-pyrrole nitrogens is 1. The number of hydrogen-bond donors (Lipinski definition) is 4. The van der Waals surface area contributed by atoms with Crippen LogP contribution < -0.4 is 16.3 Å². The Morgan fingerprint density at radius 1 is 1.17 bits per heavy atom. The molecule has 1 aliphatic rings. The highest BCUT2D eigenvalue weighted by molar-refractivity contribution is 8.14. The number of alkyl halides is 3. The van der Waals surface area contributed by atoms with Crippen LogP contribution in [0.2, 0.25) is 5.02 Å². The van der Waals surface area contributed by atoms with Crippen LogP contribution in [0.15, 0.2) is 53.3 Å².